The Morgan fingerprint density at radius 2 is 1.71 bits per heavy atom. The number of nitrogens with two attached hydrogens (primary N) is 2. The molecule has 128 valence electrons. The third-order valence-electron chi connectivity index (χ3n) is 3.23. The van der Waals surface area contributed by atoms with Gasteiger partial charge in [0.05, 0.1) is 31.3 Å². The van der Waals surface area contributed by atoms with Crippen molar-refractivity contribution >= 4 is 18.0 Å². The summed E-state index contributed by atoms with van der Waals surface area (Å²) in [5.74, 6) is -0.814. The Labute approximate surface area is 138 Å². The average molecular weight is 332 g/mol. The van der Waals surface area contributed by atoms with Crippen LogP contribution in [0.3, 0.4) is 0 Å². The lowest BCUT2D eigenvalue weighted by Gasteiger charge is -2.09. The first-order valence-corrected chi connectivity index (χ1v) is 7.36. The van der Waals surface area contributed by atoms with Crippen molar-refractivity contribution in [2.75, 3.05) is 6.54 Å². The maximum Gasteiger partial charge on any atom is 0.262 e. The van der Waals surface area contributed by atoms with Crippen molar-refractivity contribution < 1.29 is 9.59 Å². The summed E-state index contributed by atoms with van der Waals surface area (Å²) in [6.45, 7) is 0.0953. The summed E-state index contributed by atoms with van der Waals surface area (Å²) in [6, 6.07) is -1.47. The molecule has 2 aromatic rings. The van der Waals surface area contributed by atoms with E-state index in [4.69, 9.17) is 11.5 Å². The van der Waals surface area contributed by atoms with Gasteiger partial charge >= 0.3 is 0 Å². The van der Waals surface area contributed by atoms with Crippen molar-refractivity contribution in [2.24, 2.45) is 16.5 Å². The van der Waals surface area contributed by atoms with Crippen molar-refractivity contribution in [3.63, 3.8) is 0 Å². The average Bonchev–Trinajstić information content (AvgIpc) is 3.24. The van der Waals surface area contributed by atoms with Gasteiger partial charge in [0.25, 0.3) is 5.91 Å². The number of rotatable bonds is 8. The molecule has 2 rings (SSSR count). The zero-order valence-electron chi connectivity index (χ0n) is 13.0. The van der Waals surface area contributed by atoms with Crippen LogP contribution in [0.25, 0.3) is 0 Å². The van der Waals surface area contributed by atoms with Crippen molar-refractivity contribution in [2.45, 2.75) is 24.9 Å². The summed E-state index contributed by atoms with van der Waals surface area (Å²) in [5.41, 5.74) is 13.0. The van der Waals surface area contributed by atoms with Crippen LogP contribution in [-0.2, 0) is 22.4 Å². The quantitative estimate of drug-likeness (QED) is 0.360. The molecule has 24 heavy (non-hydrogen) atoms. The standard InChI is InChI=1S/C14H20N8O2/c15-11(3-9-5-17-7-21-9)13(23)19-1-2-20-14(24)12(16)4-10-6-18-8-22-10/h1,5-8,11-12H,2-4,15-16H2,(H,17,21)(H,18,22)(H,20,24)/t11-,12-/m0/s1. The van der Waals surface area contributed by atoms with Gasteiger partial charge in [-0.15, -0.1) is 0 Å². The molecule has 2 amide bonds. The van der Waals surface area contributed by atoms with Crippen LogP contribution in [0.5, 0.6) is 0 Å². The number of carbonyl (C=O) groups is 2. The molecule has 0 saturated heterocycles. The van der Waals surface area contributed by atoms with Crippen LogP contribution in [0, 0.1) is 0 Å². The van der Waals surface area contributed by atoms with E-state index in [-0.39, 0.29) is 12.5 Å². The largest absolute Gasteiger partial charge is 0.350 e. The van der Waals surface area contributed by atoms with Crippen LogP contribution in [0.1, 0.15) is 11.4 Å². The number of hydrogen-bond donors (Lipinski definition) is 5. The van der Waals surface area contributed by atoms with Gasteiger partial charge in [0.2, 0.25) is 5.91 Å². The van der Waals surface area contributed by atoms with Crippen molar-refractivity contribution in [1.29, 1.82) is 0 Å². The van der Waals surface area contributed by atoms with Gasteiger partial charge in [0.15, 0.2) is 0 Å². The molecule has 2 heterocycles. The smallest absolute Gasteiger partial charge is 0.262 e. The highest BCUT2D eigenvalue weighted by atomic mass is 16.2. The summed E-state index contributed by atoms with van der Waals surface area (Å²) in [5, 5.41) is 2.58. The van der Waals surface area contributed by atoms with E-state index in [1.165, 1.54) is 18.9 Å². The van der Waals surface area contributed by atoms with E-state index >= 15 is 0 Å². The number of amides is 2. The molecule has 0 radical (unpaired) electrons. The molecule has 0 unspecified atom stereocenters. The van der Waals surface area contributed by atoms with E-state index in [1.807, 2.05) is 0 Å². The second kappa shape index (κ2) is 8.70. The molecule has 10 nitrogen and oxygen atoms in total. The van der Waals surface area contributed by atoms with Crippen molar-refractivity contribution in [1.82, 2.24) is 25.3 Å². The van der Waals surface area contributed by atoms with Crippen LogP contribution in [0.2, 0.25) is 0 Å². The maximum absolute atomic E-state index is 11.8. The summed E-state index contributed by atoms with van der Waals surface area (Å²) in [6.07, 6.45) is 8.19. The first-order chi connectivity index (χ1) is 11.6. The monoisotopic (exact) mass is 332 g/mol. The Morgan fingerprint density at radius 1 is 1.12 bits per heavy atom. The Bertz CT molecular complexity index is 665. The van der Waals surface area contributed by atoms with Gasteiger partial charge in [-0.2, -0.15) is 0 Å². The summed E-state index contributed by atoms with van der Waals surface area (Å²) in [4.78, 5) is 40.7. The molecule has 0 spiro atoms. The molecule has 0 aliphatic carbocycles. The minimum atomic E-state index is -0.764. The highest BCUT2D eigenvalue weighted by molar-refractivity contribution is 5.91. The van der Waals surface area contributed by atoms with E-state index in [2.05, 4.69) is 30.2 Å². The van der Waals surface area contributed by atoms with E-state index < -0.39 is 18.0 Å². The molecule has 0 aliphatic rings. The van der Waals surface area contributed by atoms with Crippen LogP contribution in [0.15, 0.2) is 30.0 Å². The lowest BCUT2D eigenvalue weighted by molar-refractivity contribution is -0.122. The van der Waals surface area contributed by atoms with E-state index in [0.717, 1.165) is 11.4 Å². The minimum Gasteiger partial charge on any atom is -0.350 e. The SMILES string of the molecule is N[C@@H](Cc1cnc[nH]1)C(=O)N=CCNC(=O)[C@@H](N)Cc1cnc[nH]1. The predicted molar refractivity (Wildman–Crippen MR) is 87.0 cm³/mol. The zero-order valence-corrected chi connectivity index (χ0v) is 13.0. The number of aromatic nitrogens is 4. The Kier molecular flexibility index (Phi) is 6.34. The van der Waals surface area contributed by atoms with Gasteiger partial charge in [0, 0.05) is 42.8 Å². The highest BCUT2D eigenvalue weighted by Gasteiger charge is 2.15. The lowest BCUT2D eigenvalue weighted by Crippen LogP contribution is -2.42. The number of carbonyl (C=O) groups excluding carboxylic acids is 2. The molecule has 7 N–H and O–H groups in total. The molecular formula is C14H20N8O2. The Balaban J connectivity index is 1.69. The van der Waals surface area contributed by atoms with E-state index in [0.29, 0.717) is 12.8 Å². The van der Waals surface area contributed by atoms with Gasteiger partial charge in [-0.3, -0.25) is 9.59 Å². The van der Waals surface area contributed by atoms with E-state index in [1.54, 1.807) is 12.4 Å². The Morgan fingerprint density at radius 3 is 2.25 bits per heavy atom. The first-order valence-electron chi connectivity index (χ1n) is 7.36. The number of nitrogens with zero attached hydrogens (tertiary/aromatic N) is 3. The molecule has 0 bridgehead atoms. The zero-order chi connectivity index (χ0) is 17.4. The normalized spacial score (nSPS) is 13.8. The van der Waals surface area contributed by atoms with Gasteiger partial charge in [-0.25, -0.2) is 15.0 Å². The lowest BCUT2D eigenvalue weighted by atomic mass is 10.1. The van der Waals surface area contributed by atoms with Crippen LogP contribution < -0.4 is 16.8 Å². The molecule has 0 aliphatic heterocycles. The summed E-state index contributed by atoms with van der Waals surface area (Å²) >= 11 is 0. The molecular weight excluding hydrogens is 312 g/mol. The van der Waals surface area contributed by atoms with Crippen molar-refractivity contribution in [3.8, 4) is 0 Å². The number of aromatic amines is 2. The molecule has 0 aromatic carbocycles. The Hall–Kier alpha value is -2.85. The molecule has 10 heteroatoms. The van der Waals surface area contributed by atoms with Gasteiger partial charge in [-0.1, -0.05) is 0 Å². The maximum atomic E-state index is 11.8. The van der Waals surface area contributed by atoms with Crippen LogP contribution in [0.4, 0.5) is 0 Å². The third-order valence-corrected chi connectivity index (χ3v) is 3.23. The predicted octanol–water partition coefficient (Wildman–Crippen LogP) is -1.71. The van der Waals surface area contributed by atoms with Crippen LogP contribution in [-0.4, -0.2) is 56.6 Å². The fourth-order valence-corrected chi connectivity index (χ4v) is 1.96. The topological polar surface area (TPSA) is 168 Å². The number of imidazole rings is 2. The molecule has 2 aromatic heterocycles. The minimum absolute atomic E-state index is 0.0953. The third kappa shape index (κ3) is 5.41. The number of aliphatic imine (C=N–C) groups is 1. The second-order valence-corrected chi connectivity index (χ2v) is 5.17. The number of hydrogen-bond acceptors (Lipinski definition) is 6. The molecule has 0 saturated carbocycles. The molecule has 2 atom stereocenters. The van der Waals surface area contributed by atoms with E-state index in [9.17, 15) is 9.59 Å². The van der Waals surface area contributed by atoms with Gasteiger partial charge in [0.1, 0.15) is 0 Å². The summed E-state index contributed by atoms with van der Waals surface area (Å²) in [7, 11) is 0. The van der Waals surface area contributed by atoms with Crippen LogP contribution >= 0.6 is 0 Å². The van der Waals surface area contributed by atoms with Gasteiger partial charge in [-0.05, 0) is 0 Å². The second-order valence-electron chi connectivity index (χ2n) is 5.17. The highest BCUT2D eigenvalue weighted by Crippen LogP contribution is 1.98. The number of nitrogens with one attached hydrogen (secondary N) is 3. The fourth-order valence-electron chi connectivity index (χ4n) is 1.96. The molecule has 0 fully saturated rings. The number of H-pyrrole nitrogens is 2. The summed E-state index contributed by atoms with van der Waals surface area (Å²) < 4.78 is 0. The first kappa shape index (κ1) is 17.5. The van der Waals surface area contributed by atoms with Gasteiger partial charge < -0.3 is 26.8 Å². The fraction of sp³-hybridized carbons (Fsp3) is 0.357. The van der Waals surface area contributed by atoms with Crippen molar-refractivity contribution in [3.05, 3.63) is 36.4 Å².